The van der Waals surface area contributed by atoms with Gasteiger partial charge in [-0.3, -0.25) is 4.98 Å². The Morgan fingerprint density at radius 2 is 1.00 bits per heavy atom. The minimum absolute atomic E-state index is 0.329. The molecule has 9 heteroatoms. The van der Waals surface area contributed by atoms with Crippen molar-refractivity contribution in [3.8, 4) is 34.4 Å². The van der Waals surface area contributed by atoms with E-state index >= 15 is 0 Å². The van der Waals surface area contributed by atoms with Crippen LogP contribution in [0.2, 0.25) is 0 Å². The maximum Gasteiger partial charge on any atom is 0.215 e. The molecular formula is C46H37BrN8. The van der Waals surface area contributed by atoms with E-state index in [2.05, 4.69) is 55.5 Å². The number of hydrogen-bond donors (Lipinski definition) is 0. The Balaban J connectivity index is 0.000000195. The highest BCUT2D eigenvalue weighted by Crippen LogP contribution is 2.45. The number of benzene rings is 5. The molecule has 8 nitrogen and oxygen atoms in total. The molecule has 0 bridgehead atoms. The smallest absolute Gasteiger partial charge is 0.215 e. The van der Waals surface area contributed by atoms with Gasteiger partial charge in [-0.25, -0.2) is 24.6 Å². The van der Waals surface area contributed by atoms with Crippen LogP contribution in [0.15, 0.2) is 108 Å². The van der Waals surface area contributed by atoms with Crippen molar-refractivity contribution in [2.75, 3.05) is 0 Å². The summed E-state index contributed by atoms with van der Waals surface area (Å²) in [6.07, 6.45) is 3.15. The summed E-state index contributed by atoms with van der Waals surface area (Å²) in [5.41, 5.74) is 11.0. The SMILES string of the molecule is Brc1ccccc1.[C-]#[N+]c1c(C#N)c(-c2ccccc2)c2nc(CC)c(CC)nc2c1-c1ccccc1.[C-]#[N+]c1cc2nc(CC)c(CC)nc2cc1C#N. The van der Waals surface area contributed by atoms with Gasteiger partial charge < -0.3 is 0 Å². The first kappa shape index (κ1) is 39.4. The molecule has 0 saturated carbocycles. The maximum absolute atomic E-state index is 10.1. The Bertz CT molecular complexity index is 2470. The van der Waals surface area contributed by atoms with Crippen LogP contribution in [0.3, 0.4) is 0 Å². The van der Waals surface area contributed by atoms with E-state index in [-0.39, 0.29) is 0 Å². The number of rotatable bonds is 6. The molecule has 0 spiro atoms. The summed E-state index contributed by atoms with van der Waals surface area (Å²) in [5, 5.41) is 19.1. The topological polar surface area (TPSA) is 108 Å². The fourth-order valence-electron chi connectivity index (χ4n) is 6.21. The molecule has 0 amide bonds. The molecule has 0 saturated heterocycles. The molecule has 0 atom stereocenters. The maximum atomic E-state index is 10.1. The highest BCUT2D eigenvalue weighted by molar-refractivity contribution is 9.10. The lowest BCUT2D eigenvalue weighted by Gasteiger charge is -2.17. The van der Waals surface area contributed by atoms with Gasteiger partial charge in [-0.1, -0.05) is 122 Å². The van der Waals surface area contributed by atoms with Crippen molar-refractivity contribution < 1.29 is 0 Å². The zero-order chi connectivity index (χ0) is 39.3. The Hall–Kier alpha value is -6.78. The molecule has 2 heterocycles. The van der Waals surface area contributed by atoms with Crippen LogP contribution in [0.1, 0.15) is 61.6 Å². The number of fused-ring (bicyclic) bond motifs is 2. The normalized spacial score (nSPS) is 10.1. The van der Waals surface area contributed by atoms with E-state index in [0.717, 1.165) is 64.1 Å². The van der Waals surface area contributed by atoms with Crippen LogP contribution in [0, 0.1) is 35.8 Å². The molecule has 0 aliphatic carbocycles. The van der Waals surface area contributed by atoms with Gasteiger partial charge in [0, 0.05) is 15.6 Å². The largest absolute Gasteiger partial charge is 0.251 e. The Morgan fingerprint density at radius 3 is 1.40 bits per heavy atom. The highest BCUT2D eigenvalue weighted by Gasteiger charge is 2.25. The molecule has 7 aromatic rings. The summed E-state index contributed by atoms with van der Waals surface area (Å²) in [5.74, 6) is 0. The number of hydrogen-bond acceptors (Lipinski definition) is 6. The van der Waals surface area contributed by atoms with E-state index < -0.39 is 0 Å². The van der Waals surface area contributed by atoms with Crippen molar-refractivity contribution in [3.05, 3.63) is 164 Å². The lowest BCUT2D eigenvalue weighted by molar-refractivity contribution is 0.930. The molecule has 7 rings (SSSR count). The molecule has 0 aliphatic heterocycles. The fraction of sp³-hybridized carbons (Fsp3) is 0.174. The first-order chi connectivity index (χ1) is 26.8. The summed E-state index contributed by atoms with van der Waals surface area (Å²) in [4.78, 5) is 26.2. The second-order valence-corrected chi connectivity index (χ2v) is 13.1. The van der Waals surface area contributed by atoms with Crippen molar-refractivity contribution in [2.24, 2.45) is 0 Å². The van der Waals surface area contributed by atoms with Gasteiger partial charge in [0.2, 0.25) is 11.4 Å². The van der Waals surface area contributed by atoms with E-state index in [1.54, 1.807) is 12.1 Å². The van der Waals surface area contributed by atoms with Crippen LogP contribution >= 0.6 is 15.9 Å². The van der Waals surface area contributed by atoms with E-state index in [1.165, 1.54) is 0 Å². The highest BCUT2D eigenvalue weighted by atomic mass is 79.9. The number of halogens is 1. The molecule has 5 aromatic carbocycles. The number of nitrogens with zero attached hydrogens (tertiary/aromatic N) is 8. The van der Waals surface area contributed by atoms with E-state index in [9.17, 15) is 5.26 Å². The molecule has 268 valence electrons. The molecule has 2 aromatic heterocycles. The van der Waals surface area contributed by atoms with Crippen LogP contribution < -0.4 is 0 Å². The van der Waals surface area contributed by atoms with Gasteiger partial charge in [0.1, 0.15) is 0 Å². The van der Waals surface area contributed by atoms with Crippen LogP contribution in [0.5, 0.6) is 0 Å². The standard InChI is InChI=1S/C26H20N4.C14H12N4.C6H5Br/c1-4-20-21(5-2)30-26-23(18-14-10-7-11-15-18)24(28-3)19(16-27)22(25(26)29-20)17-12-8-6-9-13-17;1-4-10-11(5-2)18-14-7-12(16-3)9(8-15)6-13(14)17-10;7-6-4-2-1-3-5-6/h6-15H,4-5H2,1-2H3;6-7H,4-5H2,1-2H3;1-5H. The molecule has 0 radical (unpaired) electrons. The van der Waals surface area contributed by atoms with E-state index in [1.807, 2.05) is 111 Å². The fourth-order valence-corrected chi connectivity index (χ4v) is 6.51. The van der Waals surface area contributed by atoms with Crippen molar-refractivity contribution in [3.63, 3.8) is 0 Å². The average molecular weight is 782 g/mol. The van der Waals surface area contributed by atoms with Crippen molar-refractivity contribution in [1.29, 1.82) is 10.5 Å². The zero-order valence-electron chi connectivity index (χ0n) is 31.1. The van der Waals surface area contributed by atoms with Crippen molar-refractivity contribution >= 4 is 49.4 Å². The van der Waals surface area contributed by atoms with Crippen LogP contribution in [-0.2, 0) is 25.7 Å². The molecule has 0 unspecified atom stereocenters. The zero-order valence-corrected chi connectivity index (χ0v) is 32.7. The number of nitriles is 2. The quantitative estimate of drug-likeness (QED) is 0.155. The first-order valence-corrected chi connectivity index (χ1v) is 18.7. The molecule has 0 N–H and O–H groups in total. The Labute approximate surface area is 330 Å². The monoisotopic (exact) mass is 780 g/mol. The minimum Gasteiger partial charge on any atom is -0.251 e. The second kappa shape index (κ2) is 18.8. The Kier molecular flexibility index (Phi) is 13.5. The molecule has 55 heavy (non-hydrogen) atoms. The van der Waals surface area contributed by atoms with Crippen LogP contribution in [-0.4, -0.2) is 19.9 Å². The molecule has 0 fully saturated rings. The molecular weight excluding hydrogens is 744 g/mol. The summed E-state index contributed by atoms with van der Waals surface area (Å²) in [6.45, 7) is 23.2. The Morgan fingerprint density at radius 1 is 0.564 bits per heavy atom. The van der Waals surface area contributed by atoms with Crippen molar-refractivity contribution in [2.45, 2.75) is 53.4 Å². The lowest BCUT2D eigenvalue weighted by atomic mass is 9.90. The van der Waals surface area contributed by atoms with Crippen LogP contribution in [0.25, 0.3) is 54.0 Å². The van der Waals surface area contributed by atoms with Gasteiger partial charge in [-0.15, -0.1) is 0 Å². The molecule has 0 aliphatic rings. The van der Waals surface area contributed by atoms with Gasteiger partial charge in [0.15, 0.2) is 0 Å². The summed E-state index contributed by atoms with van der Waals surface area (Å²) in [6, 6.07) is 37.0. The average Bonchev–Trinajstić information content (AvgIpc) is 3.25. The first-order valence-electron chi connectivity index (χ1n) is 17.9. The third-order valence-electron chi connectivity index (χ3n) is 8.85. The third-order valence-corrected chi connectivity index (χ3v) is 9.38. The number of aryl methyl sites for hydroxylation is 4. The summed E-state index contributed by atoms with van der Waals surface area (Å²) < 4.78 is 1.13. The predicted molar refractivity (Wildman–Crippen MR) is 224 cm³/mol. The van der Waals surface area contributed by atoms with Gasteiger partial charge in [0.25, 0.3) is 0 Å². The van der Waals surface area contributed by atoms with Gasteiger partial charge in [0.05, 0.1) is 81.3 Å². The summed E-state index contributed by atoms with van der Waals surface area (Å²) >= 11 is 3.31. The van der Waals surface area contributed by atoms with Gasteiger partial charge in [-0.2, -0.15) is 10.5 Å². The van der Waals surface area contributed by atoms with Gasteiger partial charge >= 0.3 is 0 Å². The van der Waals surface area contributed by atoms with Crippen molar-refractivity contribution in [1.82, 2.24) is 19.9 Å². The predicted octanol–water partition coefficient (Wildman–Crippen LogP) is 12.1. The number of aromatic nitrogens is 4. The third kappa shape index (κ3) is 8.72. The van der Waals surface area contributed by atoms with E-state index in [0.29, 0.717) is 55.7 Å². The lowest BCUT2D eigenvalue weighted by Crippen LogP contribution is -2.04. The second-order valence-electron chi connectivity index (χ2n) is 12.2. The minimum atomic E-state index is 0.329. The summed E-state index contributed by atoms with van der Waals surface area (Å²) in [7, 11) is 0. The van der Waals surface area contributed by atoms with E-state index in [4.69, 9.17) is 28.4 Å². The van der Waals surface area contributed by atoms with Gasteiger partial charge in [-0.05, 0) is 61.1 Å². The van der Waals surface area contributed by atoms with Crippen LogP contribution in [0.4, 0.5) is 11.4 Å².